The van der Waals surface area contributed by atoms with E-state index in [-0.39, 0.29) is 11.1 Å². The third-order valence-electron chi connectivity index (χ3n) is 2.19. The second kappa shape index (κ2) is 5.94. The Morgan fingerprint density at radius 2 is 2.12 bits per heavy atom. The first-order chi connectivity index (χ1) is 7.56. The third kappa shape index (κ3) is 3.27. The fourth-order valence-electron chi connectivity index (χ4n) is 1.42. The molecule has 1 aromatic rings. The zero-order valence-corrected chi connectivity index (χ0v) is 10.0. The minimum Gasteiger partial charge on any atom is -0.478 e. The van der Waals surface area contributed by atoms with Crippen LogP contribution in [0.5, 0.6) is 0 Å². The molecule has 16 heavy (non-hydrogen) atoms. The van der Waals surface area contributed by atoms with Crippen LogP contribution in [-0.2, 0) is 6.42 Å². The van der Waals surface area contributed by atoms with Crippen LogP contribution in [-0.4, -0.2) is 16.4 Å². The fraction of sp³-hybridized carbons (Fsp3) is 0.364. The number of carbonyl (C=O) groups is 1. The number of aromatic carboxylic acids is 1. The molecule has 0 unspecified atom stereocenters. The van der Waals surface area contributed by atoms with Crippen LogP contribution in [0.1, 0.15) is 34.3 Å². The molecule has 2 nitrogen and oxygen atoms in total. The molecule has 0 aromatic heterocycles. The molecule has 0 aliphatic rings. The summed E-state index contributed by atoms with van der Waals surface area (Å²) in [5, 5.41) is 9.61. The van der Waals surface area contributed by atoms with E-state index in [1.165, 1.54) is 12.1 Å². The van der Waals surface area contributed by atoms with Crippen molar-refractivity contribution in [1.29, 1.82) is 0 Å². The van der Waals surface area contributed by atoms with Crippen molar-refractivity contribution < 1.29 is 18.7 Å². The largest absolute Gasteiger partial charge is 0.478 e. The number of rotatable bonds is 5. The van der Waals surface area contributed by atoms with E-state index in [1.807, 2.05) is 0 Å². The van der Waals surface area contributed by atoms with Crippen LogP contribution in [0.2, 0.25) is 0 Å². The normalized spacial score (nSPS) is 10.8. The van der Waals surface area contributed by atoms with Crippen LogP contribution in [0.15, 0.2) is 18.2 Å². The van der Waals surface area contributed by atoms with E-state index < -0.39 is 12.4 Å². The maximum absolute atomic E-state index is 12.4. The number of hydrogen-bond acceptors (Lipinski definition) is 1. The summed E-state index contributed by atoms with van der Waals surface area (Å²) >= 11 is 3.22. The SMILES string of the molecule is O=C(O)c1ccc(C(F)F)cc1CCCBr. The summed E-state index contributed by atoms with van der Waals surface area (Å²) in [5.74, 6) is -1.08. The van der Waals surface area contributed by atoms with Crippen LogP contribution in [0.25, 0.3) is 0 Å². The lowest BCUT2D eigenvalue weighted by atomic mass is 10.0. The number of carboxylic acids is 1. The molecule has 0 amide bonds. The quantitative estimate of drug-likeness (QED) is 0.841. The van der Waals surface area contributed by atoms with Crippen LogP contribution in [0.4, 0.5) is 8.78 Å². The van der Waals surface area contributed by atoms with Crippen molar-refractivity contribution in [2.45, 2.75) is 19.3 Å². The molecule has 0 saturated heterocycles. The molecule has 0 radical (unpaired) electrons. The highest BCUT2D eigenvalue weighted by molar-refractivity contribution is 9.09. The summed E-state index contributed by atoms with van der Waals surface area (Å²) in [5.41, 5.74) is 0.435. The van der Waals surface area contributed by atoms with Gasteiger partial charge in [-0.25, -0.2) is 13.6 Å². The zero-order valence-electron chi connectivity index (χ0n) is 8.42. The van der Waals surface area contributed by atoms with Gasteiger partial charge in [-0.2, -0.15) is 0 Å². The summed E-state index contributed by atoms with van der Waals surface area (Å²) in [6.45, 7) is 0. The van der Waals surface area contributed by atoms with Crippen LogP contribution >= 0.6 is 15.9 Å². The molecule has 1 rings (SSSR count). The van der Waals surface area contributed by atoms with Crippen molar-refractivity contribution in [2.75, 3.05) is 5.33 Å². The molecule has 1 N–H and O–H groups in total. The molecule has 0 fully saturated rings. The van der Waals surface area contributed by atoms with Crippen molar-refractivity contribution >= 4 is 21.9 Å². The maximum atomic E-state index is 12.4. The Labute approximate surface area is 100 Å². The highest BCUT2D eigenvalue weighted by Gasteiger charge is 2.14. The molecule has 0 aliphatic heterocycles. The first kappa shape index (κ1) is 13.1. The van der Waals surface area contributed by atoms with Crippen LogP contribution < -0.4 is 0 Å². The number of benzene rings is 1. The Morgan fingerprint density at radius 1 is 1.44 bits per heavy atom. The Kier molecular flexibility index (Phi) is 4.86. The van der Waals surface area contributed by atoms with Crippen molar-refractivity contribution in [2.24, 2.45) is 0 Å². The third-order valence-corrected chi connectivity index (χ3v) is 2.75. The fourth-order valence-corrected chi connectivity index (χ4v) is 1.70. The standard InChI is InChI=1S/C11H11BrF2O2/c12-5-1-2-7-6-8(10(13)14)3-4-9(7)11(15)16/h3-4,6,10H,1-2,5H2,(H,15,16). The van der Waals surface area contributed by atoms with E-state index in [1.54, 1.807) is 0 Å². The van der Waals surface area contributed by atoms with Gasteiger partial charge >= 0.3 is 5.97 Å². The molecule has 5 heteroatoms. The summed E-state index contributed by atoms with van der Waals surface area (Å²) in [6.07, 6.45) is -1.37. The molecule has 0 aliphatic carbocycles. The Hall–Kier alpha value is -0.970. The van der Waals surface area contributed by atoms with Crippen molar-refractivity contribution in [3.05, 3.63) is 34.9 Å². The van der Waals surface area contributed by atoms with Gasteiger partial charge in [0.05, 0.1) is 5.56 Å². The van der Waals surface area contributed by atoms with Gasteiger partial charge in [0, 0.05) is 10.9 Å². The van der Waals surface area contributed by atoms with Gasteiger partial charge in [-0.05, 0) is 30.5 Å². The van der Waals surface area contributed by atoms with Gasteiger partial charge < -0.3 is 5.11 Å². The topological polar surface area (TPSA) is 37.3 Å². The van der Waals surface area contributed by atoms with Crippen molar-refractivity contribution in [3.8, 4) is 0 Å². The molecular formula is C11H11BrF2O2. The highest BCUT2D eigenvalue weighted by atomic mass is 79.9. The Morgan fingerprint density at radius 3 is 2.62 bits per heavy atom. The first-order valence-electron chi connectivity index (χ1n) is 4.76. The van der Waals surface area contributed by atoms with Gasteiger partial charge in [0.1, 0.15) is 0 Å². The van der Waals surface area contributed by atoms with E-state index in [9.17, 15) is 13.6 Å². The smallest absolute Gasteiger partial charge is 0.335 e. The van der Waals surface area contributed by atoms with E-state index in [0.29, 0.717) is 23.7 Å². The number of carboxylic acid groups (broad SMARTS) is 1. The molecule has 0 heterocycles. The van der Waals surface area contributed by atoms with Crippen LogP contribution in [0, 0.1) is 0 Å². The first-order valence-corrected chi connectivity index (χ1v) is 5.88. The average Bonchev–Trinajstić information content (AvgIpc) is 2.25. The second-order valence-corrected chi connectivity index (χ2v) is 4.11. The lowest BCUT2D eigenvalue weighted by Gasteiger charge is -2.08. The van der Waals surface area contributed by atoms with E-state index in [2.05, 4.69) is 15.9 Å². The minimum absolute atomic E-state index is 0.102. The van der Waals surface area contributed by atoms with Crippen molar-refractivity contribution in [1.82, 2.24) is 0 Å². The molecule has 88 valence electrons. The Bertz CT molecular complexity index is 380. The average molecular weight is 293 g/mol. The zero-order chi connectivity index (χ0) is 12.1. The molecule has 0 bridgehead atoms. The molecule has 1 aromatic carbocycles. The number of aryl methyl sites for hydroxylation is 1. The van der Waals surface area contributed by atoms with E-state index >= 15 is 0 Å². The molecule has 0 spiro atoms. The summed E-state index contributed by atoms with van der Waals surface area (Å²) in [7, 11) is 0. The van der Waals surface area contributed by atoms with Gasteiger partial charge in [0.15, 0.2) is 0 Å². The summed E-state index contributed by atoms with van der Waals surface area (Å²) < 4.78 is 24.9. The molecular weight excluding hydrogens is 282 g/mol. The number of hydrogen-bond donors (Lipinski definition) is 1. The highest BCUT2D eigenvalue weighted by Crippen LogP contribution is 2.23. The van der Waals surface area contributed by atoms with E-state index in [4.69, 9.17) is 5.11 Å². The van der Waals surface area contributed by atoms with Crippen LogP contribution in [0.3, 0.4) is 0 Å². The lowest BCUT2D eigenvalue weighted by molar-refractivity contribution is 0.0695. The predicted octanol–water partition coefficient (Wildman–Crippen LogP) is 3.65. The summed E-state index contributed by atoms with van der Waals surface area (Å²) in [6, 6.07) is 3.68. The maximum Gasteiger partial charge on any atom is 0.335 e. The molecule has 0 atom stereocenters. The van der Waals surface area contributed by atoms with Gasteiger partial charge in [0.2, 0.25) is 0 Å². The minimum atomic E-state index is -2.56. The predicted molar refractivity (Wildman–Crippen MR) is 60.5 cm³/mol. The Balaban J connectivity index is 3.05. The van der Waals surface area contributed by atoms with E-state index in [0.717, 1.165) is 6.07 Å². The van der Waals surface area contributed by atoms with Gasteiger partial charge in [-0.15, -0.1) is 0 Å². The monoisotopic (exact) mass is 292 g/mol. The second-order valence-electron chi connectivity index (χ2n) is 3.31. The molecule has 0 saturated carbocycles. The number of halogens is 3. The van der Waals surface area contributed by atoms with Gasteiger partial charge in [-0.1, -0.05) is 22.0 Å². The summed E-state index contributed by atoms with van der Waals surface area (Å²) in [4.78, 5) is 10.9. The van der Waals surface area contributed by atoms with Gasteiger partial charge in [-0.3, -0.25) is 0 Å². The van der Waals surface area contributed by atoms with Gasteiger partial charge in [0.25, 0.3) is 6.43 Å². The lowest BCUT2D eigenvalue weighted by Crippen LogP contribution is -2.04. The van der Waals surface area contributed by atoms with Crippen molar-refractivity contribution in [3.63, 3.8) is 0 Å². The number of alkyl halides is 3.